The zero-order valence-corrected chi connectivity index (χ0v) is 8.03. The maximum atomic E-state index is 12.8. The van der Waals surface area contributed by atoms with Crippen LogP contribution in [0.2, 0.25) is 0 Å². The molecular weight excluding hydrogens is 181 g/mol. The van der Waals surface area contributed by atoms with Crippen molar-refractivity contribution in [2.24, 2.45) is 0 Å². The molecule has 0 aromatic heterocycles. The summed E-state index contributed by atoms with van der Waals surface area (Å²) in [7, 11) is 1.77. The number of carbonyl (C=O) groups excluding carboxylic acids is 1. The molecule has 2 rings (SSSR count). The van der Waals surface area contributed by atoms with Gasteiger partial charge in [0.15, 0.2) is 0 Å². The molecule has 1 aliphatic carbocycles. The van der Waals surface area contributed by atoms with Gasteiger partial charge in [-0.25, -0.2) is 4.39 Å². The molecule has 1 saturated carbocycles. The summed E-state index contributed by atoms with van der Waals surface area (Å²) in [5, 5.41) is 0. The average Bonchev–Trinajstić information content (AvgIpc) is 2.99. The minimum absolute atomic E-state index is 0.0907. The number of hydrogen-bond acceptors (Lipinski definition) is 1. The van der Waals surface area contributed by atoms with Crippen molar-refractivity contribution in [3.63, 3.8) is 0 Å². The molecule has 1 aliphatic rings. The lowest BCUT2D eigenvalue weighted by Gasteiger charge is -2.15. The van der Waals surface area contributed by atoms with Crippen molar-refractivity contribution < 1.29 is 9.18 Å². The molecule has 1 amide bonds. The van der Waals surface area contributed by atoms with E-state index in [0.717, 1.165) is 12.8 Å². The average molecular weight is 193 g/mol. The van der Waals surface area contributed by atoms with Crippen LogP contribution in [0, 0.1) is 5.82 Å². The fourth-order valence-corrected chi connectivity index (χ4v) is 1.45. The van der Waals surface area contributed by atoms with E-state index in [0.29, 0.717) is 11.6 Å². The molecule has 0 radical (unpaired) electrons. The molecule has 3 heteroatoms. The third-order valence-corrected chi connectivity index (χ3v) is 2.49. The Kier molecular flexibility index (Phi) is 2.23. The summed E-state index contributed by atoms with van der Waals surface area (Å²) in [5.74, 6) is -0.452. The monoisotopic (exact) mass is 193 g/mol. The first-order valence-electron chi connectivity index (χ1n) is 4.71. The molecule has 0 atom stereocenters. The molecule has 2 nitrogen and oxygen atoms in total. The van der Waals surface area contributed by atoms with Gasteiger partial charge < -0.3 is 4.90 Å². The molecule has 0 heterocycles. The zero-order chi connectivity index (χ0) is 10.1. The third-order valence-electron chi connectivity index (χ3n) is 2.49. The van der Waals surface area contributed by atoms with Gasteiger partial charge in [0, 0.05) is 18.7 Å². The summed E-state index contributed by atoms with van der Waals surface area (Å²) >= 11 is 0. The SMILES string of the molecule is CN(C(=O)c1cccc(F)c1)C1CC1. The highest BCUT2D eigenvalue weighted by Crippen LogP contribution is 2.26. The van der Waals surface area contributed by atoms with E-state index in [1.807, 2.05) is 0 Å². The molecule has 0 saturated heterocycles. The van der Waals surface area contributed by atoms with Crippen LogP contribution in [0.1, 0.15) is 23.2 Å². The summed E-state index contributed by atoms with van der Waals surface area (Å²) in [4.78, 5) is 13.4. The van der Waals surface area contributed by atoms with Crippen molar-refractivity contribution in [3.8, 4) is 0 Å². The van der Waals surface area contributed by atoms with Crippen molar-refractivity contribution in [2.75, 3.05) is 7.05 Å². The van der Waals surface area contributed by atoms with E-state index >= 15 is 0 Å². The highest BCUT2D eigenvalue weighted by atomic mass is 19.1. The van der Waals surface area contributed by atoms with E-state index < -0.39 is 0 Å². The normalized spacial score (nSPS) is 15.3. The van der Waals surface area contributed by atoms with E-state index in [1.165, 1.54) is 12.1 Å². The van der Waals surface area contributed by atoms with E-state index in [9.17, 15) is 9.18 Å². The molecule has 1 aromatic carbocycles. The van der Waals surface area contributed by atoms with Gasteiger partial charge in [0.2, 0.25) is 0 Å². The van der Waals surface area contributed by atoms with Crippen LogP contribution in [0.25, 0.3) is 0 Å². The van der Waals surface area contributed by atoms with Crippen LogP contribution in [-0.4, -0.2) is 23.9 Å². The second-order valence-corrected chi connectivity index (χ2v) is 3.66. The number of nitrogens with zero attached hydrogens (tertiary/aromatic N) is 1. The minimum atomic E-state index is -0.361. The molecule has 14 heavy (non-hydrogen) atoms. The van der Waals surface area contributed by atoms with Crippen LogP contribution >= 0.6 is 0 Å². The first-order chi connectivity index (χ1) is 6.68. The van der Waals surface area contributed by atoms with Gasteiger partial charge in [0.1, 0.15) is 5.82 Å². The fraction of sp³-hybridized carbons (Fsp3) is 0.364. The standard InChI is InChI=1S/C11H12FNO/c1-13(10-5-6-10)11(14)8-3-2-4-9(12)7-8/h2-4,7,10H,5-6H2,1H3. The van der Waals surface area contributed by atoms with E-state index in [1.54, 1.807) is 24.1 Å². The quantitative estimate of drug-likeness (QED) is 0.704. The lowest BCUT2D eigenvalue weighted by atomic mass is 10.2. The molecule has 0 spiro atoms. The number of halogens is 1. The third kappa shape index (κ3) is 1.76. The molecule has 0 aliphatic heterocycles. The Balaban J connectivity index is 2.17. The Labute approximate surface area is 82.3 Å². The van der Waals surface area contributed by atoms with Gasteiger partial charge in [-0.15, -0.1) is 0 Å². The van der Waals surface area contributed by atoms with Gasteiger partial charge >= 0.3 is 0 Å². The van der Waals surface area contributed by atoms with Crippen LogP contribution in [0.5, 0.6) is 0 Å². The summed E-state index contributed by atoms with van der Waals surface area (Å²) in [6.07, 6.45) is 2.13. The number of hydrogen-bond donors (Lipinski definition) is 0. The molecule has 1 fully saturated rings. The smallest absolute Gasteiger partial charge is 0.253 e. The highest BCUT2D eigenvalue weighted by Gasteiger charge is 2.29. The van der Waals surface area contributed by atoms with E-state index in [2.05, 4.69) is 0 Å². The summed E-state index contributed by atoms with van der Waals surface area (Å²) in [6.45, 7) is 0. The summed E-state index contributed by atoms with van der Waals surface area (Å²) in [6, 6.07) is 6.19. The van der Waals surface area contributed by atoms with Crippen LogP contribution in [0.4, 0.5) is 4.39 Å². The Morgan fingerprint density at radius 2 is 2.21 bits per heavy atom. The summed E-state index contributed by atoms with van der Waals surface area (Å²) < 4.78 is 12.8. The zero-order valence-electron chi connectivity index (χ0n) is 8.03. The molecule has 74 valence electrons. The molecule has 0 bridgehead atoms. The largest absolute Gasteiger partial charge is 0.339 e. The topological polar surface area (TPSA) is 20.3 Å². The number of carbonyl (C=O) groups is 1. The molecule has 0 unspecified atom stereocenters. The molecule has 0 N–H and O–H groups in total. The van der Waals surface area contributed by atoms with Gasteiger partial charge in [0.05, 0.1) is 0 Å². The first kappa shape index (κ1) is 9.19. The van der Waals surface area contributed by atoms with E-state index in [-0.39, 0.29) is 11.7 Å². The maximum absolute atomic E-state index is 12.8. The van der Waals surface area contributed by atoms with Crippen molar-refractivity contribution >= 4 is 5.91 Å². The van der Waals surface area contributed by atoms with E-state index in [4.69, 9.17) is 0 Å². The highest BCUT2D eigenvalue weighted by molar-refractivity contribution is 5.94. The first-order valence-corrected chi connectivity index (χ1v) is 4.71. The van der Waals surface area contributed by atoms with Crippen LogP contribution in [0.15, 0.2) is 24.3 Å². The van der Waals surface area contributed by atoms with Gasteiger partial charge in [-0.05, 0) is 31.0 Å². The second-order valence-electron chi connectivity index (χ2n) is 3.66. The Morgan fingerprint density at radius 3 is 2.79 bits per heavy atom. The molecular formula is C11H12FNO. The predicted octanol–water partition coefficient (Wildman–Crippen LogP) is 2.06. The van der Waals surface area contributed by atoms with Gasteiger partial charge in [0.25, 0.3) is 5.91 Å². The predicted molar refractivity (Wildman–Crippen MR) is 51.5 cm³/mol. The van der Waals surface area contributed by atoms with Crippen molar-refractivity contribution in [1.82, 2.24) is 4.90 Å². The van der Waals surface area contributed by atoms with Gasteiger partial charge in [-0.2, -0.15) is 0 Å². The fourth-order valence-electron chi connectivity index (χ4n) is 1.45. The Morgan fingerprint density at radius 1 is 1.50 bits per heavy atom. The number of rotatable bonds is 2. The minimum Gasteiger partial charge on any atom is -0.339 e. The Hall–Kier alpha value is -1.38. The van der Waals surface area contributed by atoms with Crippen LogP contribution < -0.4 is 0 Å². The lowest BCUT2D eigenvalue weighted by molar-refractivity contribution is 0.0784. The van der Waals surface area contributed by atoms with Crippen LogP contribution in [-0.2, 0) is 0 Å². The lowest BCUT2D eigenvalue weighted by Crippen LogP contribution is -2.28. The second kappa shape index (κ2) is 3.40. The maximum Gasteiger partial charge on any atom is 0.253 e. The number of amides is 1. The Bertz CT molecular complexity index is 360. The van der Waals surface area contributed by atoms with Crippen molar-refractivity contribution in [1.29, 1.82) is 0 Å². The van der Waals surface area contributed by atoms with Crippen molar-refractivity contribution in [3.05, 3.63) is 35.6 Å². The summed E-state index contributed by atoms with van der Waals surface area (Å²) in [5.41, 5.74) is 0.430. The van der Waals surface area contributed by atoms with Crippen molar-refractivity contribution in [2.45, 2.75) is 18.9 Å². The van der Waals surface area contributed by atoms with Crippen LogP contribution in [0.3, 0.4) is 0 Å². The van der Waals surface area contributed by atoms with Gasteiger partial charge in [-0.3, -0.25) is 4.79 Å². The number of benzene rings is 1. The molecule has 1 aromatic rings. The van der Waals surface area contributed by atoms with Gasteiger partial charge in [-0.1, -0.05) is 6.07 Å².